The summed E-state index contributed by atoms with van der Waals surface area (Å²) in [5.41, 5.74) is 7.62. The summed E-state index contributed by atoms with van der Waals surface area (Å²) < 4.78 is 7.23. The zero-order valence-electron chi connectivity index (χ0n) is 8.10. The Morgan fingerprint density at radius 3 is 3.00 bits per heavy atom. The molecule has 0 aliphatic carbocycles. The van der Waals surface area contributed by atoms with Gasteiger partial charge in [-0.15, -0.1) is 0 Å². The summed E-state index contributed by atoms with van der Waals surface area (Å²) >= 11 is 0. The van der Waals surface area contributed by atoms with E-state index in [-0.39, 0.29) is 0 Å². The predicted molar refractivity (Wildman–Crippen MR) is 52.7 cm³/mol. The van der Waals surface area contributed by atoms with E-state index in [2.05, 4.69) is 5.10 Å². The first kappa shape index (κ1) is 9.02. The summed E-state index contributed by atoms with van der Waals surface area (Å²) in [6.07, 6.45) is 3.47. The van der Waals surface area contributed by atoms with E-state index >= 15 is 0 Å². The fourth-order valence-electron chi connectivity index (χ4n) is 1.33. The second kappa shape index (κ2) is 3.67. The molecule has 2 aromatic rings. The van der Waals surface area contributed by atoms with Crippen LogP contribution in [0.2, 0.25) is 0 Å². The van der Waals surface area contributed by atoms with Gasteiger partial charge in [-0.05, 0) is 19.1 Å². The number of nitrogens with two attached hydrogens (primary N) is 1. The van der Waals surface area contributed by atoms with Gasteiger partial charge < -0.3 is 10.2 Å². The van der Waals surface area contributed by atoms with Crippen LogP contribution < -0.4 is 5.73 Å². The number of hydrogen-bond donors (Lipinski definition) is 1. The van der Waals surface area contributed by atoms with Gasteiger partial charge in [0, 0.05) is 24.0 Å². The Balaban J connectivity index is 2.15. The van der Waals surface area contributed by atoms with Crippen molar-refractivity contribution in [2.45, 2.75) is 20.0 Å². The lowest BCUT2D eigenvalue weighted by atomic mass is 10.3. The first-order valence-electron chi connectivity index (χ1n) is 4.54. The maximum atomic E-state index is 5.48. The molecule has 74 valence electrons. The Kier molecular flexibility index (Phi) is 2.37. The third-order valence-corrected chi connectivity index (χ3v) is 2.18. The largest absolute Gasteiger partial charge is 0.467 e. The lowest BCUT2D eigenvalue weighted by Crippen LogP contribution is -2.02. The first-order chi connectivity index (χ1) is 6.79. The van der Waals surface area contributed by atoms with Crippen molar-refractivity contribution < 1.29 is 4.42 Å². The Morgan fingerprint density at radius 1 is 1.57 bits per heavy atom. The molecule has 2 N–H and O–H groups in total. The highest BCUT2D eigenvalue weighted by atomic mass is 16.3. The van der Waals surface area contributed by atoms with Crippen molar-refractivity contribution in [1.29, 1.82) is 0 Å². The van der Waals surface area contributed by atoms with Gasteiger partial charge in [0.05, 0.1) is 12.8 Å². The second-order valence-corrected chi connectivity index (χ2v) is 3.26. The molecule has 0 aliphatic rings. The summed E-state index contributed by atoms with van der Waals surface area (Å²) in [6.45, 7) is 3.19. The number of hydrogen-bond acceptors (Lipinski definition) is 3. The van der Waals surface area contributed by atoms with E-state index in [1.54, 1.807) is 12.5 Å². The highest BCUT2D eigenvalue weighted by molar-refractivity contribution is 5.13. The van der Waals surface area contributed by atoms with Crippen LogP contribution in [0.25, 0.3) is 0 Å². The third-order valence-electron chi connectivity index (χ3n) is 2.18. The van der Waals surface area contributed by atoms with E-state index in [1.165, 1.54) is 0 Å². The van der Waals surface area contributed by atoms with Crippen LogP contribution >= 0.6 is 0 Å². The van der Waals surface area contributed by atoms with E-state index in [4.69, 9.17) is 10.2 Å². The average Bonchev–Trinajstić information content (AvgIpc) is 2.77. The molecule has 2 aromatic heterocycles. The van der Waals surface area contributed by atoms with Crippen LogP contribution in [0, 0.1) is 6.92 Å². The molecule has 0 bridgehead atoms. The monoisotopic (exact) mass is 191 g/mol. The highest BCUT2D eigenvalue weighted by Gasteiger charge is 2.03. The van der Waals surface area contributed by atoms with Gasteiger partial charge in [-0.2, -0.15) is 5.10 Å². The zero-order chi connectivity index (χ0) is 9.97. The summed E-state index contributed by atoms with van der Waals surface area (Å²) in [7, 11) is 0. The van der Waals surface area contributed by atoms with E-state index in [1.807, 2.05) is 23.7 Å². The SMILES string of the molecule is Cc1ccnn1Cc1cc(CN)co1. The molecule has 0 atom stereocenters. The van der Waals surface area contributed by atoms with Crippen LogP contribution in [0.15, 0.2) is 29.0 Å². The Morgan fingerprint density at radius 2 is 2.43 bits per heavy atom. The molecule has 0 amide bonds. The van der Waals surface area contributed by atoms with Crippen molar-refractivity contribution in [3.63, 3.8) is 0 Å². The van der Waals surface area contributed by atoms with Gasteiger partial charge in [0.25, 0.3) is 0 Å². The van der Waals surface area contributed by atoms with Crippen LogP contribution in [-0.2, 0) is 13.1 Å². The minimum atomic E-state index is 0.515. The van der Waals surface area contributed by atoms with Crippen LogP contribution in [0.1, 0.15) is 17.0 Å². The molecule has 0 spiro atoms. The number of aromatic nitrogens is 2. The Bertz CT molecular complexity index is 416. The molecule has 0 saturated heterocycles. The van der Waals surface area contributed by atoms with Crippen molar-refractivity contribution in [3.8, 4) is 0 Å². The van der Waals surface area contributed by atoms with Crippen molar-refractivity contribution >= 4 is 0 Å². The normalized spacial score (nSPS) is 10.7. The molecule has 0 aliphatic heterocycles. The van der Waals surface area contributed by atoms with Gasteiger partial charge in [0.1, 0.15) is 5.76 Å². The number of rotatable bonds is 3. The van der Waals surface area contributed by atoms with Gasteiger partial charge in [-0.25, -0.2) is 0 Å². The summed E-state index contributed by atoms with van der Waals surface area (Å²) in [4.78, 5) is 0. The van der Waals surface area contributed by atoms with E-state index in [0.29, 0.717) is 13.1 Å². The molecule has 14 heavy (non-hydrogen) atoms. The molecule has 2 heterocycles. The fourth-order valence-corrected chi connectivity index (χ4v) is 1.33. The number of furan rings is 1. The standard InChI is InChI=1S/C10H13N3O/c1-8-2-3-12-13(8)6-10-4-9(5-11)7-14-10/h2-4,7H,5-6,11H2,1H3. The van der Waals surface area contributed by atoms with Crippen molar-refractivity contribution in [2.75, 3.05) is 0 Å². The maximum Gasteiger partial charge on any atom is 0.125 e. The van der Waals surface area contributed by atoms with Crippen molar-refractivity contribution in [2.24, 2.45) is 5.73 Å². The molecular weight excluding hydrogens is 178 g/mol. The minimum Gasteiger partial charge on any atom is -0.467 e. The van der Waals surface area contributed by atoms with Crippen LogP contribution in [-0.4, -0.2) is 9.78 Å². The van der Waals surface area contributed by atoms with Crippen molar-refractivity contribution in [1.82, 2.24) is 9.78 Å². The minimum absolute atomic E-state index is 0.515. The first-order valence-corrected chi connectivity index (χ1v) is 4.54. The fraction of sp³-hybridized carbons (Fsp3) is 0.300. The molecule has 0 radical (unpaired) electrons. The second-order valence-electron chi connectivity index (χ2n) is 3.26. The van der Waals surface area contributed by atoms with E-state index in [0.717, 1.165) is 17.0 Å². The predicted octanol–water partition coefficient (Wildman–Crippen LogP) is 1.29. The summed E-state index contributed by atoms with van der Waals surface area (Å²) in [5.74, 6) is 0.886. The summed E-state index contributed by atoms with van der Waals surface area (Å²) in [6, 6.07) is 3.92. The maximum absolute atomic E-state index is 5.48. The number of aryl methyl sites for hydroxylation is 1. The molecule has 0 fully saturated rings. The number of nitrogens with zero attached hydrogens (tertiary/aromatic N) is 2. The average molecular weight is 191 g/mol. The lowest BCUT2D eigenvalue weighted by Gasteiger charge is -1.99. The molecule has 4 heteroatoms. The molecule has 2 rings (SSSR count). The molecule has 4 nitrogen and oxygen atoms in total. The third kappa shape index (κ3) is 1.70. The summed E-state index contributed by atoms with van der Waals surface area (Å²) in [5, 5.41) is 4.17. The Hall–Kier alpha value is -1.55. The van der Waals surface area contributed by atoms with Crippen LogP contribution in [0.4, 0.5) is 0 Å². The van der Waals surface area contributed by atoms with Crippen LogP contribution in [0.5, 0.6) is 0 Å². The smallest absolute Gasteiger partial charge is 0.125 e. The molecular formula is C10H13N3O. The van der Waals surface area contributed by atoms with E-state index < -0.39 is 0 Å². The highest BCUT2D eigenvalue weighted by Crippen LogP contribution is 2.09. The van der Waals surface area contributed by atoms with Gasteiger partial charge in [-0.1, -0.05) is 0 Å². The van der Waals surface area contributed by atoms with E-state index in [9.17, 15) is 0 Å². The zero-order valence-corrected chi connectivity index (χ0v) is 8.10. The Labute approximate surface area is 82.3 Å². The van der Waals surface area contributed by atoms with Crippen molar-refractivity contribution in [3.05, 3.63) is 41.6 Å². The van der Waals surface area contributed by atoms with Gasteiger partial charge in [0.15, 0.2) is 0 Å². The lowest BCUT2D eigenvalue weighted by molar-refractivity contribution is 0.475. The van der Waals surface area contributed by atoms with Crippen LogP contribution in [0.3, 0.4) is 0 Å². The van der Waals surface area contributed by atoms with Gasteiger partial charge >= 0.3 is 0 Å². The molecule has 0 unspecified atom stereocenters. The van der Waals surface area contributed by atoms with Gasteiger partial charge in [-0.3, -0.25) is 4.68 Å². The quantitative estimate of drug-likeness (QED) is 0.795. The molecule has 0 aromatic carbocycles. The topological polar surface area (TPSA) is 57.0 Å². The van der Waals surface area contributed by atoms with Gasteiger partial charge in [0.2, 0.25) is 0 Å². The molecule has 0 saturated carbocycles.